The van der Waals surface area contributed by atoms with E-state index >= 15 is 0 Å². The van der Waals surface area contributed by atoms with Gasteiger partial charge in [-0.1, -0.05) is 55.5 Å². The lowest BCUT2D eigenvalue weighted by Crippen LogP contribution is -2.37. The van der Waals surface area contributed by atoms with Gasteiger partial charge in [0, 0.05) is 24.3 Å². The predicted molar refractivity (Wildman–Crippen MR) is 145 cm³/mol. The molecule has 3 aromatic rings. The van der Waals surface area contributed by atoms with Crippen LogP contribution in [0.2, 0.25) is 0 Å². The molecule has 4 rings (SSSR count). The minimum atomic E-state index is -0.183. The molecule has 3 aromatic carbocycles. The van der Waals surface area contributed by atoms with Crippen molar-refractivity contribution in [2.75, 3.05) is 36.9 Å². The summed E-state index contributed by atoms with van der Waals surface area (Å²) < 4.78 is 5.95. The van der Waals surface area contributed by atoms with Crippen molar-refractivity contribution in [2.45, 2.75) is 32.6 Å². The number of amides is 2. The number of nitrogens with zero attached hydrogens (tertiary/aromatic N) is 1. The fraction of sp³-hybridized carbons (Fsp3) is 0.333. The van der Waals surface area contributed by atoms with Crippen LogP contribution < -0.4 is 15.4 Å². The summed E-state index contributed by atoms with van der Waals surface area (Å²) >= 11 is 0. The molecular formula is C30H35N3O3. The number of hydrogen-bond donors (Lipinski definition) is 2. The highest BCUT2D eigenvalue weighted by Crippen LogP contribution is 2.24. The molecule has 6 nitrogen and oxygen atoms in total. The van der Waals surface area contributed by atoms with E-state index in [1.165, 1.54) is 5.56 Å². The van der Waals surface area contributed by atoms with Crippen LogP contribution in [0.4, 0.5) is 11.4 Å². The summed E-state index contributed by atoms with van der Waals surface area (Å²) in [5.74, 6) is 1.19. The molecule has 0 aliphatic carbocycles. The second-order valence-corrected chi connectivity index (χ2v) is 9.39. The number of aryl methyl sites for hydroxylation is 1. The third-order valence-corrected chi connectivity index (χ3v) is 6.50. The lowest BCUT2D eigenvalue weighted by molar-refractivity contribution is -0.114. The van der Waals surface area contributed by atoms with E-state index in [2.05, 4.69) is 29.7 Å². The number of hydrogen-bond acceptors (Lipinski definition) is 4. The molecule has 1 saturated heterocycles. The maximum absolute atomic E-state index is 12.9. The molecule has 0 spiro atoms. The maximum Gasteiger partial charge on any atom is 0.253 e. The van der Waals surface area contributed by atoms with Crippen molar-refractivity contribution in [3.8, 4) is 5.75 Å². The molecule has 0 aromatic heterocycles. The number of nitrogens with one attached hydrogen (secondary N) is 2. The number of piperidine rings is 1. The van der Waals surface area contributed by atoms with Crippen molar-refractivity contribution in [2.24, 2.45) is 5.92 Å². The summed E-state index contributed by atoms with van der Waals surface area (Å²) in [6.07, 6.45) is 3.92. The van der Waals surface area contributed by atoms with Gasteiger partial charge in [0.25, 0.3) is 5.91 Å². The van der Waals surface area contributed by atoms with Crippen LogP contribution in [0.1, 0.15) is 42.1 Å². The quantitative estimate of drug-likeness (QED) is 0.366. The van der Waals surface area contributed by atoms with E-state index < -0.39 is 0 Å². The van der Waals surface area contributed by atoms with E-state index in [0.29, 0.717) is 29.5 Å². The van der Waals surface area contributed by atoms with Crippen molar-refractivity contribution < 1.29 is 14.3 Å². The molecule has 0 atom stereocenters. The Morgan fingerprint density at radius 3 is 2.50 bits per heavy atom. The molecule has 1 aliphatic heterocycles. The van der Waals surface area contributed by atoms with Crippen molar-refractivity contribution in [3.05, 3.63) is 90.0 Å². The largest absolute Gasteiger partial charge is 0.491 e. The number of anilines is 2. The summed E-state index contributed by atoms with van der Waals surface area (Å²) in [7, 11) is 0. The number of carbonyl (C=O) groups excluding carboxylic acids is 2. The van der Waals surface area contributed by atoms with Gasteiger partial charge < -0.3 is 20.3 Å². The first-order valence-corrected chi connectivity index (χ1v) is 12.8. The van der Waals surface area contributed by atoms with Crippen LogP contribution in [0.3, 0.4) is 0 Å². The van der Waals surface area contributed by atoms with Crippen LogP contribution in [0, 0.1) is 5.92 Å². The zero-order valence-electron chi connectivity index (χ0n) is 20.9. The molecule has 0 saturated carbocycles. The fourth-order valence-electron chi connectivity index (χ4n) is 4.33. The molecule has 0 radical (unpaired) electrons. The van der Waals surface area contributed by atoms with Crippen LogP contribution in [0.5, 0.6) is 5.75 Å². The van der Waals surface area contributed by atoms with Gasteiger partial charge >= 0.3 is 0 Å². The van der Waals surface area contributed by atoms with Gasteiger partial charge in [0.05, 0.1) is 18.8 Å². The minimum Gasteiger partial charge on any atom is -0.491 e. The number of ether oxygens (including phenoxy) is 1. The number of carbonyl (C=O) groups is 2. The molecule has 188 valence electrons. The fourth-order valence-corrected chi connectivity index (χ4v) is 4.33. The van der Waals surface area contributed by atoms with Crippen molar-refractivity contribution in [1.29, 1.82) is 0 Å². The predicted octanol–water partition coefficient (Wildman–Crippen LogP) is 5.62. The van der Waals surface area contributed by atoms with Gasteiger partial charge in [0.1, 0.15) is 5.75 Å². The summed E-state index contributed by atoms with van der Waals surface area (Å²) in [5.41, 5.74) is 3.31. The molecular weight excluding hydrogens is 450 g/mol. The zero-order valence-corrected chi connectivity index (χ0v) is 20.9. The van der Waals surface area contributed by atoms with Gasteiger partial charge in [-0.2, -0.15) is 0 Å². The van der Waals surface area contributed by atoms with E-state index in [1.54, 1.807) is 0 Å². The standard InChI is InChI=1S/C30H35N3O3/c1-23-16-18-33(19-17-23)30(35)25-12-7-13-26(21-25)31-22-29(34)32-27-14-5-6-15-28(27)36-20-8-11-24-9-3-2-4-10-24/h2-7,9-10,12-15,21,23,31H,8,11,16-20,22H2,1H3,(H,32,34). The summed E-state index contributed by atoms with van der Waals surface area (Å²) in [6.45, 7) is 4.48. The van der Waals surface area contributed by atoms with Gasteiger partial charge in [0.2, 0.25) is 5.91 Å². The monoisotopic (exact) mass is 485 g/mol. The lowest BCUT2D eigenvalue weighted by Gasteiger charge is -2.30. The van der Waals surface area contributed by atoms with Crippen molar-refractivity contribution in [1.82, 2.24) is 4.90 Å². The number of likely N-dealkylation sites (tertiary alicyclic amines) is 1. The van der Waals surface area contributed by atoms with Crippen LogP contribution >= 0.6 is 0 Å². The Morgan fingerprint density at radius 2 is 1.69 bits per heavy atom. The van der Waals surface area contributed by atoms with Crippen LogP contribution in [0.25, 0.3) is 0 Å². The first kappa shape index (κ1) is 25.3. The first-order valence-electron chi connectivity index (χ1n) is 12.8. The second-order valence-electron chi connectivity index (χ2n) is 9.39. The average molecular weight is 486 g/mol. The Hall–Kier alpha value is -3.80. The molecule has 1 heterocycles. The minimum absolute atomic E-state index is 0.0494. The van der Waals surface area contributed by atoms with Crippen molar-refractivity contribution in [3.63, 3.8) is 0 Å². The first-order chi connectivity index (χ1) is 17.6. The molecule has 1 aliphatic rings. The number of benzene rings is 3. The van der Waals surface area contributed by atoms with Gasteiger partial charge in [-0.05, 0) is 67.5 Å². The third kappa shape index (κ3) is 7.35. The van der Waals surface area contributed by atoms with E-state index in [4.69, 9.17) is 4.74 Å². The molecule has 36 heavy (non-hydrogen) atoms. The highest BCUT2D eigenvalue weighted by molar-refractivity contribution is 5.96. The highest BCUT2D eigenvalue weighted by atomic mass is 16.5. The van der Waals surface area contributed by atoms with Crippen LogP contribution in [0.15, 0.2) is 78.9 Å². The number of para-hydroxylation sites is 2. The normalized spacial score (nSPS) is 13.8. The van der Waals surface area contributed by atoms with Gasteiger partial charge in [-0.3, -0.25) is 9.59 Å². The second kappa shape index (κ2) is 12.8. The molecule has 2 amide bonds. The molecule has 2 N–H and O–H groups in total. The Balaban J connectivity index is 1.26. The third-order valence-electron chi connectivity index (χ3n) is 6.50. The molecule has 6 heteroatoms. The maximum atomic E-state index is 12.9. The Bertz CT molecular complexity index is 1140. The highest BCUT2D eigenvalue weighted by Gasteiger charge is 2.21. The van der Waals surface area contributed by atoms with E-state index in [0.717, 1.165) is 44.5 Å². The smallest absolute Gasteiger partial charge is 0.253 e. The number of rotatable bonds is 10. The SMILES string of the molecule is CC1CCN(C(=O)c2cccc(NCC(=O)Nc3ccccc3OCCCc3ccccc3)c2)CC1. The Morgan fingerprint density at radius 1 is 0.944 bits per heavy atom. The van der Waals surface area contributed by atoms with Crippen LogP contribution in [-0.2, 0) is 11.2 Å². The van der Waals surface area contributed by atoms with Crippen LogP contribution in [-0.4, -0.2) is 43.0 Å². The Kier molecular flexibility index (Phi) is 8.98. The summed E-state index contributed by atoms with van der Waals surface area (Å²) in [4.78, 5) is 27.4. The Labute approximate surface area is 213 Å². The molecule has 1 fully saturated rings. The zero-order chi connectivity index (χ0) is 25.2. The van der Waals surface area contributed by atoms with Gasteiger partial charge in [-0.15, -0.1) is 0 Å². The topological polar surface area (TPSA) is 70.7 Å². The molecule has 0 unspecified atom stereocenters. The van der Waals surface area contributed by atoms with E-state index in [9.17, 15) is 9.59 Å². The van der Waals surface area contributed by atoms with Gasteiger partial charge in [-0.25, -0.2) is 0 Å². The summed E-state index contributed by atoms with van der Waals surface area (Å²) in [6, 6.07) is 25.1. The van der Waals surface area contributed by atoms with E-state index in [-0.39, 0.29) is 18.4 Å². The average Bonchev–Trinajstić information content (AvgIpc) is 2.91. The summed E-state index contributed by atoms with van der Waals surface area (Å²) in [5, 5.41) is 6.07. The molecule has 0 bridgehead atoms. The van der Waals surface area contributed by atoms with E-state index in [1.807, 2.05) is 71.6 Å². The van der Waals surface area contributed by atoms with Gasteiger partial charge in [0.15, 0.2) is 0 Å². The lowest BCUT2D eigenvalue weighted by atomic mass is 9.98. The van der Waals surface area contributed by atoms with Crippen molar-refractivity contribution >= 4 is 23.2 Å².